The van der Waals surface area contributed by atoms with E-state index in [-0.39, 0.29) is 0 Å². The highest BCUT2D eigenvalue weighted by Crippen LogP contribution is 2.21. The molecule has 2 aromatic heterocycles. The van der Waals surface area contributed by atoms with E-state index in [1.807, 2.05) is 35.1 Å². The zero-order valence-corrected chi connectivity index (χ0v) is 10.0. The third-order valence-electron chi connectivity index (χ3n) is 1.93. The number of aromatic nitrogens is 2. The molecule has 0 fully saturated rings. The van der Waals surface area contributed by atoms with E-state index in [1.54, 1.807) is 18.6 Å². The van der Waals surface area contributed by atoms with Crippen LogP contribution in [0, 0.1) is 0 Å². The van der Waals surface area contributed by atoms with Gasteiger partial charge in [-0.3, -0.25) is 4.98 Å². The van der Waals surface area contributed by atoms with Crippen LogP contribution in [0.5, 0.6) is 5.88 Å². The van der Waals surface area contributed by atoms with Crippen molar-refractivity contribution in [3.63, 3.8) is 0 Å². The molecule has 0 aliphatic carbocycles. The standard InChI is InChI=1S/C10H9IN2O2/c11-15-6-5-14-10-9-2-3-12-7-8(9)1-4-13-10/h1-4,7H,5-6H2. The Morgan fingerprint density at radius 3 is 3.00 bits per heavy atom. The van der Waals surface area contributed by atoms with Gasteiger partial charge in [0, 0.05) is 29.4 Å². The fourth-order valence-corrected chi connectivity index (χ4v) is 1.45. The Morgan fingerprint density at radius 2 is 2.13 bits per heavy atom. The number of hydrogen-bond donors (Lipinski definition) is 0. The first-order valence-corrected chi connectivity index (χ1v) is 5.35. The number of halogens is 1. The molecule has 0 aliphatic rings. The highest BCUT2D eigenvalue weighted by atomic mass is 127. The minimum atomic E-state index is 0.497. The first-order valence-electron chi connectivity index (χ1n) is 4.47. The number of rotatable bonds is 4. The molecule has 0 spiro atoms. The fourth-order valence-electron chi connectivity index (χ4n) is 1.27. The molecule has 2 aromatic rings. The van der Waals surface area contributed by atoms with Crippen molar-refractivity contribution in [2.45, 2.75) is 0 Å². The third-order valence-corrected chi connectivity index (χ3v) is 2.37. The Kier molecular flexibility index (Phi) is 3.68. The molecule has 4 nitrogen and oxygen atoms in total. The van der Waals surface area contributed by atoms with Crippen molar-refractivity contribution in [2.24, 2.45) is 0 Å². The van der Waals surface area contributed by atoms with Crippen LogP contribution in [0.2, 0.25) is 0 Å². The molecule has 0 saturated heterocycles. The van der Waals surface area contributed by atoms with Crippen LogP contribution in [-0.2, 0) is 3.07 Å². The van der Waals surface area contributed by atoms with E-state index < -0.39 is 0 Å². The lowest BCUT2D eigenvalue weighted by molar-refractivity contribution is 0.251. The number of nitrogens with zero attached hydrogens (tertiary/aromatic N) is 2. The topological polar surface area (TPSA) is 44.2 Å². The van der Waals surface area contributed by atoms with Crippen LogP contribution in [0.4, 0.5) is 0 Å². The van der Waals surface area contributed by atoms with Gasteiger partial charge in [-0.15, -0.1) is 0 Å². The number of fused-ring (bicyclic) bond motifs is 1. The minimum Gasteiger partial charge on any atom is -0.475 e. The molecular weight excluding hydrogens is 307 g/mol. The lowest BCUT2D eigenvalue weighted by Gasteiger charge is -2.06. The van der Waals surface area contributed by atoms with E-state index in [4.69, 9.17) is 7.80 Å². The van der Waals surface area contributed by atoms with Gasteiger partial charge in [0.1, 0.15) is 29.6 Å². The Morgan fingerprint density at radius 1 is 1.20 bits per heavy atom. The molecule has 2 rings (SSSR count). The van der Waals surface area contributed by atoms with Gasteiger partial charge in [0.15, 0.2) is 0 Å². The van der Waals surface area contributed by atoms with Gasteiger partial charge in [0.05, 0.1) is 6.61 Å². The smallest absolute Gasteiger partial charge is 0.221 e. The highest BCUT2D eigenvalue weighted by Gasteiger charge is 2.02. The van der Waals surface area contributed by atoms with Gasteiger partial charge < -0.3 is 7.80 Å². The summed E-state index contributed by atoms with van der Waals surface area (Å²) >= 11 is 1.84. The van der Waals surface area contributed by atoms with Crippen molar-refractivity contribution >= 4 is 33.8 Å². The molecule has 78 valence electrons. The SMILES string of the molecule is IOCCOc1nccc2cnccc12. The van der Waals surface area contributed by atoms with Crippen LogP contribution in [0.1, 0.15) is 0 Å². The molecule has 0 N–H and O–H groups in total. The molecule has 0 saturated carbocycles. The summed E-state index contributed by atoms with van der Waals surface area (Å²) < 4.78 is 10.4. The lowest BCUT2D eigenvalue weighted by Crippen LogP contribution is -2.04. The Bertz CT molecular complexity index is 445. The molecule has 0 bridgehead atoms. The third kappa shape index (κ3) is 2.54. The molecule has 0 atom stereocenters. The molecule has 0 radical (unpaired) electrons. The van der Waals surface area contributed by atoms with Gasteiger partial charge in [-0.05, 0) is 12.1 Å². The van der Waals surface area contributed by atoms with Crippen LogP contribution < -0.4 is 4.74 Å². The second kappa shape index (κ2) is 5.22. The summed E-state index contributed by atoms with van der Waals surface area (Å²) in [6.07, 6.45) is 5.23. The fraction of sp³-hybridized carbons (Fsp3) is 0.200. The lowest BCUT2D eigenvalue weighted by atomic mass is 10.2. The van der Waals surface area contributed by atoms with Crippen LogP contribution in [0.3, 0.4) is 0 Å². The van der Waals surface area contributed by atoms with E-state index in [9.17, 15) is 0 Å². The second-order valence-electron chi connectivity index (χ2n) is 2.87. The van der Waals surface area contributed by atoms with E-state index in [0.29, 0.717) is 19.1 Å². The zero-order chi connectivity index (χ0) is 10.5. The van der Waals surface area contributed by atoms with Crippen molar-refractivity contribution in [1.82, 2.24) is 9.97 Å². The minimum absolute atomic E-state index is 0.497. The summed E-state index contributed by atoms with van der Waals surface area (Å²) in [5.41, 5.74) is 0. The summed E-state index contributed by atoms with van der Waals surface area (Å²) in [4.78, 5) is 8.21. The molecular formula is C10H9IN2O2. The average Bonchev–Trinajstić information content (AvgIpc) is 2.30. The summed E-state index contributed by atoms with van der Waals surface area (Å²) in [5.74, 6) is 0.628. The summed E-state index contributed by atoms with van der Waals surface area (Å²) in [7, 11) is 0. The maximum absolute atomic E-state index is 5.49. The van der Waals surface area contributed by atoms with Gasteiger partial charge in [-0.1, -0.05) is 0 Å². The zero-order valence-electron chi connectivity index (χ0n) is 7.89. The first-order chi connectivity index (χ1) is 7.42. The Labute approximate surface area is 101 Å². The molecule has 0 aliphatic heterocycles. The van der Waals surface area contributed by atoms with Crippen molar-refractivity contribution < 1.29 is 7.80 Å². The first kappa shape index (κ1) is 10.6. The monoisotopic (exact) mass is 316 g/mol. The second-order valence-corrected chi connectivity index (χ2v) is 3.50. The molecule has 5 heteroatoms. The number of hydrogen-bond acceptors (Lipinski definition) is 4. The van der Waals surface area contributed by atoms with Crippen LogP contribution in [0.15, 0.2) is 30.7 Å². The summed E-state index contributed by atoms with van der Waals surface area (Å²) in [6, 6.07) is 3.80. The van der Waals surface area contributed by atoms with Crippen molar-refractivity contribution in [1.29, 1.82) is 0 Å². The van der Waals surface area contributed by atoms with Crippen LogP contribution >= 0.6 is 23.0 Å². The van der Waals surface area contributed by atoms with Gasteiger partial charge in [-0.2, -0.15) is 0 Å². The molecule has 0 amide bonds. The van der Waals surface area contributed by atoms with Crippen molar-refractivity contribution in [3.05, 3.63) is 30.7 Å². The highest BCUT2D eigenvalue weighted by molar-refractivity contribution is 14.1. The molecule has 0 aromatic carbocycles. The number of ether oxygens (including phenoxy) is 1. The van der Waals surface area contributed by atoms with Crippen molar-refractivity contribution in [2.75, 3.05) is 13.2 Å². The normalized spacial score (nSPS) is 10.5. The summed E-state index contributed by atoms with van der Waals surface area (Å²) in [5, 5.41) is 2.00. The predicted molar refractivity (Wildman–Crippen MR) is 65.0 cm³/mol. The maximum Gasteiger partial charge on any atom is 0.221 e. The van der Waals surface area contributed by atoms with Gasteiger partial charge in [-0.25, -0.2) is 4.98 Å². The number of pyridine rings is 2. The maximum atomic E-state index is 5.49. The van der Waals surface area contributed by atoms with Crippen molar-refractivity contribution in [3.8, 4) is 5.88 Å². The van der Waals surface area contributed by atoms with Gasteiger partial charge in [0.25, 0.3) is 0 Å². The summed E-state index contributed by atoms with van der Waals surface area (Å²) in [6.45, 7) is 1.04. The van der Waals surface area contributed by atoms with E-state index >= 15 is 0 Å². The van der Waals surface area contributed by atoms with Crippen LogP contribution in [0.25, 0.3) is 10.8 Å². The van der Waals surface area contributed by atoms with E-state index in [2.05, 4.69) is 9.97 Å². The average molecular weight is 316 g/mol. The Hall–Kier alpha value is -0.950. The van der Waals surface area contributed by atoms with Gasteiger partial charge >= 0.3 is 0 Å². The molecule has 0 unspecified atom stereocenters. The molecule has 2 heterocycles. The van der Waals surface area contributed by atoms with E-state index in [1.165, 1.54) is 0 Å². The van der Waals surface area contributed by atoms with Gasteiger partial charge in [0.2, 0.25) is 5.88 Å². The largest absolute Gasteiger partial charge is 0.475 e. The Balaban J connectivity index is 2.26. The van der Waals surface area contributed by atoms with E-state index in [0.717, 1.165) is 10.8 Å². The quantitative estimate of drug-likeness (QED) is 0.642. The van der Waals surface area contributed by atoms with Crippen LogP contribution in [-0.4, -0.2) is 23.2 Å². The predicted octanol–water partition coefficient (Wildman–Crippen LogP) is 2.38. The molecule has 15 heavy (non-hydrogen) atoms.